The van der Waals surface area contributed by atoms with Crippen LogP contribution in [0, 0.1) is 5.92 Å². The molecule has 0 N–H and O–H groups in total. The second-order valence-electron chi connectivity index (χ2n) is 4.35. The van der Waals surface area contributed by atoms with Crippen molar-refractivity contribution in [3.63, 3.8) is 0 Å². The van der Waals surface area contributed by atoms with Gasteiger partial charge < -0.3 is 0 Å². The number of ketones is 1. The SMILES string of the molecule is CCCCCCC(C)/C=C/CC(=O)CC. The van der Waals surface area contributed by atoms with Crippen LogP contribution in [0.1, 0.15) is 65.7 Å². The third-order valence-corrected chi connectivity index (χ3v) is 2.72. The molecule has 0 bridgehead atoms. The van der Waals surface area contributed by atoms with Crippen LogP contribution in [0.25, 0.3) is 0 Å². The van der Waals surface area contributed by atoms with E-state index in [-0.39, 0.29) is 0 Å². The molecular formula is C14H26O. The Labute approximate surface area is 95.0 Å². The van der Waals surface area contributed by atoms with Crippen molar-refractivity contribution >= 4 is 5.78 Å². The fraction of sp³-hybridized carbons (Fsp3) is 0.786. The van der Waals surface area contributed by atoms with Gasteiger partial charge in [0.1, 0.15) is 5.78 Å². The Kier molecular flexibility index (Phi) is 9.55. The Balaban J connectivity index is 3.46. The zero-order chi connectivity index (χ0) is 11.5. The summed E-state index contributed by atoms with van der Waals surface area (Å²) in [6.07, 6.45) is 12.1. The summed E-state index contributed by atoms with van der Waals surface area (Å²) in [5, 5.41) is 0. The van der Waals surface area contributed by atoms with Gasteiger partial charge >= 0.3 is 0 Å². The molecule has 1 unspecified atom stereocenters. The first-order chi connectivity index (χ1) is 7.20. The minimum Gasteiger partial charge on any atom is -0.299 e. The van der Waals surface area contributed by atoms with Crippen molar-refractivity contribution in [2.75, 3.05) is 0 Å². The van der Waals surface area contributed by atoms with Gasteiger partial charge in [0.05, 0.1) is 0 Å². The minimum atomic E-state index is 0.337. The van der Waals surface area contributed by atoms with E-state index >= 15 is 0 Å². The monoisotopic (exact) mass is 210 g/mol. The van der Waals surface area contributed by atoms with Gasteiger partial charge in [-0.05, 0) is 12.3 Å². The lowest BCUT2D eigenvalue weighted by Crippen LogP contribution is -1.93. The quantitative estimate of drug-likeness (QED) is 0.404. The Hall–Kier alpha value is -0.590. The second kappa shape index (κ2) is 9.95. The van der Waals surface area contributed by atoms with Crippen LogP contribution < -0.4 is 0 Å². The molecule has 15 heavy (non-hydrogen) atoms. The van der Waals surface area contributed by atoms with E-state index in [0.29, 0.717) is 24.5 Å². The number of hydrogen-bond donors (Lipinski definition) is 0. The van der Waals surface area contributed by atoms with Gasteiger partial charge in [-0.1, -0.05) is 58.6 Å². The summed E-state index contributed by atoms with van der Waals surface area (Å²) in [6.45, 7) is 6.39. The fourth-order valence-electron chi connectivity index (χ4n) is 1.57. The maximum Gasteiger partial charge on any atom is 0.136 e. The van der Waals surface area contributed by atoms with Gasteiger partial charge in [-0.2, -0.15) is 0 Å². The Morgan fingerprint density at radius 2 is 1.93 bits per heavy atom. The van der Waals surface area contributed by atoms with Crippen LogP contribution in [0.4, 0.5) is 0 Å². The lowest BCUT2D eigenvalue weighted by molar-refractivity contribution is -0.117. The molecule has 0 rings (SSSR count). The molecule has 0 aliphatic rings. The summed E-state index contributed by atoms with van der Waals surface area (Å²) < 4.78 is 0. The van der Waals surface area contributed by atoms with E-state index in [1.165, 1.54) is 32.1 Å². The number of rotatable bonds is 9. The van der Waals surface area contributed by atoms with Gasteiger partial charge in [-0.15, -0.1) is 0 Å². The smallest absolute Gasteiger partial charge is 0.136 e. The van der Waals surface area contributed by atoms with E-state index < -0.39 is 0 Å². The molecule has 1 atom stereocenters. The topological polar surface area (TPSA) is 17.1 Å². The molecule has 0 aromatic rings. The molecule has 1 heteroatoms. The van der Waals surface area contributed by atoms with E-state index in [1.54, 1.807) is 0 Å². The van der Waals surface area contributed by atoms with Gasteiger partial charge in [0, 0.05) is 12.8 Å². The van der Waals surface area contributed by atoms with Crippen LogP contribution in [0.3, 0.4) is 0 Å². The van der Waals surface area contributed by atoms with Gasteiger partial charge in [0.15, 0.2) is 0 Å². The normalized spacial score (nSPS) is 13.3. The zero-order valence-electron chi connectivity index (χ0n) is 10.6. The summed E-state index contributed by atoms with van der Waals surface area (Å²) in [4.78, 5) is 11.0. The largest absolute Gasteiger partial charge is 0.299 e. The van der Waals surface area contributed by atoms with Crippen molar-refractivity contribution in [2.24, 2.45) is 5.92 Å². The van der Waals surface area contributed by atoms with Gasteiger partial charge in [-0.25, -0.2) is 0 Å². The van der Waals surface area contributed by atoms with E-state index in [9.17, 15) is 4.79 Å². The van der Waals surface area contributed by atoms with Crippen molar-refractivity contribution < 1.29 is 4.79 Å². The third-order valence-electron chi connectivity index (χ3n) is 2.72. The van der Waals surface area contributed by atoms with Crippen molar-refractivity contribution in [2.45, 2.75) is 65.7 Å². The average molecular weight is 210 g/mol. The highest BCUT2D eigenvalue weighted by Gasteiger charge is 1.98. The minimum absolute atomic E-state index is 0.337. The van der Waals surface area contributed by atoms with Crippen LogP contribution in [-0.4, -0.2) is 5.78 Å². The second-order valence-corrected chi connectivity index (χ2v) is 4.35. The molecule has 0 aliphatic heterocycles. The van der Waals surface area contributed by atoms with Gasteiger partial charge in [0.25, 0.3) is 0 Å². The van der Waals surface area contributed by atoms with Crippen LogP contribution >= 0.6 is 0 Å². The standard InChI is InChI=1S/C14H26O/c1-4-6-7-8-10-13(3)11-9-12-14(15)5-2/h9,11,13H,4-8,10,12H2,1-3H3/b11-9+. The van der Waals surface area contributed by atoms with Crippen molar-refractivity contribution in [3.8, 4) is 0 Å². The summed E-state index contributed by atoms with van der Waals surface area (Å²) in [5.41, 5.74) is 0. The molecule has 0 radical (unpaired) electrons. The van der Waals surface area contributed by atoms with Gasteiger partial charge in [0.2, 0.25) is 0 Å². The lowest BCUT2D eigenvalue weighted by atomic mass is 10.0. The Morgan fingerprint density at radius 3 is 2.53 bits per heavy atom. The van der Waals surface area contributed by atoms with E-state index in [1.807, 2.05) is 13.0 Å². The molecule has 0 saturated carbocycles. The highest BCUT2D eigenvalue weighted by molar-refractivity contribution is 5.79. The molecule has 88 valence electrons. The van der Waals surface area contributed by atoms with Gasteiger partial charge in [-0.3, -0.25) is 4.79 Å². The van der Waals surface area contributed by atoms with Crippen LogP contribution in [0.5, 0.6) is 0 Å². The molecule has 0 amide bonds. The van der Waals surface area contributed by atoms with Crippen molar-refractivity contribution in [1.82, 2.24) is 0 Å². The predicted octanol–water partition coefficient (Wildman–Crippen LogP) is 4.52. The number of carbonyl (C=O) groups excluding carboxylic acids is 1. The number of carbonyl (C=O) groups is 1. The summed E-state index contributed by atoms with van der Waals surface area (Å²) in [6, 6.07) is 0. The Morgan fingerprint density at radius 1 is 1.20 bits per heavy atom. The van der Waals surface area contributed by atoms with Crippen LogP contribution in [0.15, 0.2) is 12.2 Å². The molecule has 1 nitrogen and oxygen atoms in total. The number of hydrogen-bond acceptors (Lipinski definition) is 1. The molecule has 0 aromatic carbocycles. The first-order valence-electron chi connectivity index (χ1n) is 6.39. The number of allylic oxidation sites excluding steroid dienone is 2. The molecule has 0 aromatic heterocycles. The van der Waals surface area contributed by atoms with E-state index in [4.69, 9.17) is 0 Å². The highest BCUT2D eigenvalue weighted by atomic mass is 16.1. The maximum atomic E-state index is 11.0. The molecule has 0 aliphatic carbocycles. The number of Topliss-reactive ketones (excluding diaryl/α,β-unsaturated/α-hetero) is 1. The average Bonchev–Trinajstić information content (AvgIpc) is 2.24. The van der Waals surface area contributed by atoms with E-state index in [2.05, 4.69) is 19.9 Å². The first-order valence-corrected chi connectivity index (χ1v) is 6.39. The molecule has 0 fully saturated rings. The maximum absolute atomic E-state index is 11.0. The van der Waals surface area contributed by atoms with Crippen molar-refractivity contribution in [1.29, 1.82) is 0 Å². The number of unbranched alkanes of at least 4 members (excludes halogenated alkanes) is 3. The third kappa shape index (κ3) is 9.71. The zero-order valence-corrected chi connectivity index (χ0v) is 10.6. The molecule has 0 saturated heterocycles. The Bertz CT molecular complexity index is 182. The highest BCUT2D eigenvalue weighted by Crippen LogP contribution is 2.11. The predicted molar refractivity (Wildman–Crippen MR) is 67.0 cm³/mol. The lowest BCUT2D eigenvalue weighted by Gasteiger charge is -2.05. The van der Waals surface area contributed by atoms with Crippen LogP contribution in [-0.2, 0) is 4.79 Å². The van der Waals surface area contributed by atoms with Crippen molar-refractivity contribution in [3.05, 3.63) is 12.2 Å². The summed E-state index contributed by atoms with van der Waals surface area (Å²) in [7, 11) is 0. The molecule has 0 spiro atoms. The summed E-state index contributed by atoms with van der Waals surface area (Å²) >= 11 is 0. The molecule has 0 heterocycles. The summed E-state index contributed by atoms with van der Waals surface area (Å²) in [5.74, 6) is 0.968. The first kappa shape index (κ1) is 14.4. The fourth-order valence-corrected chi connectivity index (χ4v) is 1.57. The van der Waals surface area contributed by atoms with E-state index in [0.717, 1.165) is 0 Å². The van der Waals surface area contributed by atoms with Crippen LogP contribution in [0.2, 0.25) is 0 Å². The molecular weight excluding hydrogens is 184 g/mol.